The van der Waals surface area contributed by atoms with Crippen molar-refractivity contribution in [2.24, 2.45) is 0 Å². The maximum Gasteiger partial charge on any atom is 0.322 e. The summed E-state index contributed by atoms with van der Waals surface area (Å²) in [7, 11) is 0. The molecule has 0 radical (unpaired) electrons. The van der Waals surface area contributed by atoms with Crippen LogP contribution in [0.25, 0.3) is 10.9 Å². The van der Waals surface area contributed by atoms with E-state index in [4.69, 9.17) is 11.6 Å². The number of nitrogens with zero attached hydrogens (tertiary/aromatic N) is 1. The molecule has 0 aliphatic heterocycles. The Balaban J connectivity index is 1.90. The van der Waals surface area contributed by atoms with Crippen molar-refractivity contribution in [3.05, 3.63) is 75.0 Å². The first-order valence-corrected chi connectivity index (χ1v) is 9.17. The minimum Gasteiger partial charge on any atom is -0.322 e. The molecule has 0 bridgehead atoms. The minimum absolute atomic E-state index is 0.0627. The molecule has 3 aromatic rings. The number of nitrogens with one attached hydrogen (secondary N) is 2. The predicted molar refractivity (Wildman–Crippen MR) is 110 cm³/mol. The van der Waals surface area contributed by atoms with E-state index in [-0.39, 0.29) is 17.6 Å². The molecule has 1 heterocycles. The highest BCUT2D eigenvalue weighted by Crippen LogP contribution is 2.24. The number of hydrogen-bond acceptors (Lipinski definition) is 2. The maximum absolute atomic E-state index is 12.9. The van der Waals surface area contributed by atoms with Gasteiger partial charge in [-0.25, -0.2) is 4.79 Å². The molecule has 3 rings (SSSR count). The number of carbonyl (C=O) groups excluding carboxylic acids is 1. The first-order chi connectivity index (χ1) is 12.8. The van der Waals surface area contributed by atoms with Gasteiger partial charge in [0, 0.05) is 29.6 Å². The number of pyridine rings is 1. The Morgan fingerprint density at radius 3 is 2.63 bits per heavy atom. The maximum atomic E-state index is 12.9. The first-order valence-electron chi connectivity index (χ1n) is 8.80. The summed E-state index contributed by atoms with van der Waals surface area (Å²) in [6, 6.07) is 14.3. The van der Waals surface area contributed by atoms with Gasteiger partial charge in [0.05, 0.1) is 10.7 Å². The molecule has 2 aromatic carbocycles. The Hall–Kier alpha value is -2.79. The SMILES string of the molecule is Cc1ccc(NC(=O)N(Cc2cc(=O)[nH]c3ccccc23)C(C)C)c(Cl)c1. The summed E-state index contributed by atoms with van der Waals surface area (Å²) in [6.45, 7) is 6.13. The summed E-state index contributed by atoms with van der Waals surface area (Å²) in [4.78, 5) is 29.4. The van der Waals surface area contributed by atoms with Crippen molar-refractivity contribution in [2.75, 3.05) is 5.32 Å². The standard InChI is InChI=1S/C21H22ClN3O2/c1-13(2)25(21(27)24-19-9-8-14(3)10-17(19)22)12-15-11-20(26)23-18-7-5-4-6-16(15)18/h4-11,13H,12H2,1-3H3,(H,23,26)(H,24,27). The Morgan fingerprint density at radius 1 is 1.19 bits per heavy atom. The van der Waals surface area contributed by atoms with Crippen molar-refractivity contribution in [1.29, 1.82) is 0 Å². The number of anilines is 1. The van der Waals surface area contributed by atoms with Gasteiger partial charge < -0.3 is 15.2 Å². The highest BCUT2D eigenvalue weighted by atomic mass is 35.5. The van der Waals surface area contributed by atoms with Crippen LogP contribution in [0.4, 0.5) is 10.5 Å². The van der Waals surface area contributed by atoms with Crippen LogP contribution in [0.2, 0.25) is 5.02 Å². The zero-order valence-corrected chi connectivity index (χ0v) is 16.3. The minimum atomic E-state index is -0.264. The van der Waals surface area contributed by atoms with E-state index in [0.717, 1.165) is 22.0 Å². The number of aromatic amines is 1. The number of para-hydroxylation sites is 1. The second kappa shape index (κ2) is 7.84. The normalized spacial score (nSPS) is 11.0. The number of rotatable bonds is 4. The topological polar surface area (TPSA) is 65.2 Å². The Kier molecular flexibility index (Phi) is 5.51. The average Bonchev–Trinajstić information content (AvgIpc) is 2.61. The smallest absolute Gasteiger partial charge is 0.322 e. The summed E-state index contributed by atoms with van der Waals surface area (Å²) < 4.78 is 0. The third-order valence-electron chi connectivity index (χ3n) is 4.43. The Bertz CT molecular complexity index is 1040. The molecule has 1 aromatic heterocycles. The summed E-state index contributed by atoms with van der Waals surface area (Å²) >= 11 is 6.24. The zero-order valence-electron chi connectivity index (χ0n) is 15.5. The van der Waals surface area contributed by atoms with Gasteiger partial charge in [0.1, 0.15) is 0 Å². The van der Waals surface area contributed by atoms with Gasteiger partial charge in [-0.15, -0.1) is 0 Å². The zero-order chi connectivity index (χ0) is 19.6. The fourth-order valence-electron chi connectivity index (χ4n) is 2.99. The summed E-state index contributed by atoms with van der Waals surface area (Å²) in [5.41, 5.74) is 2.95. The molecule has 0 saturated heterocycles. The molecular weight excluding hydrogens is 362 g/mol. The largest absolute Gasteiger partial charge is 0.322 e. The molecule has 6 heteroatoms. The van der Waals surface area contributed by atoms with Crippen molar-refractivity contribution < 1.29 is 4.79 Å². The second-order valence-electron chi connectivity index (χ2n) is 6.84. The molecular formula is C21H22ClN3O2. The predicted octanol–water partition coefficient (Wildman–Crippen LogP) is 4.93. The molecule has 2 amide bonds. The summed E-state index contributed by atoms with van der Waals surface area (Å²) in [6.07, 6.45) is 0. The van der Waals surface area contributed by atoms with Gasteiger partial charge in [-0.05, 0) is 50.1 Å². The van der Waals surface area contributed by atoms with Crippen molar-refractivity contribution in [3.63, 3.8) is 0 Å². The molecule has 0 unspecified atom stereocenters. The number of carbonyl (C=O) groups is 1. The second-order valence-corrected chi connectivity index (χ2v) is 7.25. The molecule has 5 nitrogen and oxygen atoms in total. The van der Waals surface area contributed by atoms with Crippen molar-refractivity contribution in [2.45, 2.75) is 33.4 Å². The molecule has 0 atom stereocenters. The van der Waals surface area contributed by atoms with E-state index >= 15 is 0 Å². The van der Waals surface area contributed by atoms with Crippen LogP contribution in [0.1, 0.15) is 25.0 Å². The third kappa shape index (κ3) is 4.31. The highest BCUT2D eigenvalue weighted by molar-refractivity contribution is 6.33. The van der Waals surface area contributed by atoms with E-state index in [1.54, 1.807) is 23.1 Å². The van der Waals surface area contributed by atoms with Crippen molar-refractivity contribution in [1.82, 2.24) is 9.88 Å². The number of hydrogen-bond donors (Lipinski definition) is 2. The van der Waals surface area contributed by atoms with E-state index in [2.05, 4.69) is 10.3 Å². The van der Waals surface area contributed by atoms with Crippen LogP contribution in [-0.4, -0.2) is 22.0 Å². The van der Waals surface area contributed by atoms with Crippen LogP contribution in [0.15, 0.2) is 53.3 Å². The number of aryl methyl sites for hydroxylation is 1. The lowest BCUT2D eigenvalue weighted by molar-refractivity contribution is 0.194. The number of fused-ring (bicyclic) bond motifs is 1. The Morgan fingerprint density at radius 2 is 1.93 bits per heavy atom. The van der Waals surface area contributed by atoms with Gasteiger partial charge in [-0.1, -0.05) is 35.9 Å². The van der Waals surface area contributed by atoms with Gasteiger partial charge in [-0.2, -0.15) is 0 Å². The third-order valence-corrected chi connectivity index (χ3v) is 4.74. The number of urea groups is 1. The molecule has 0 saturated carbocycles. The van der Waals surface area contributed by atoms with E-state index in [0.29, 0.717) is 17.3 Å². The van der Waals surface area contributed by atoms with Crippen LogP contribution in [0, 0.1) is 6.92 Å². The van der Waals surface area contributed by atoms with E-state index in [9.17, 15) is 9.59 Å². The van der Waals surface area contributed by atoms with Crippen molar-refractivity contribution >= 4 is 34.2 Å². The molecule has 2 N–H and O–H groups in total. The molecule has 140 valence electrons. The lowest BCUT2D eigenvalue weighted by atomic mass is 10.1. The average molecular weight is 384 g/mol. The van der Waals surface area contributed by atoms with Gasteiger partial charge in [0.25, 0.3) is 0 Å². The number of benzene rings is 2. The Labute approximate surface area is 163 Å². The molecule has 0 spiro atoms. The van der Waals surface area contributed by atoms with E-state index in [1.807, 2.05) is 51.1 Å². The number of H-pyrrole nitrogens is 1. The van der Waals surface area contributed by atoms with Gasteiger partial charge in [-0.3, -0.25) is 4.79 Å². The van der Waals surface area contributed by atoms with Crippen LogP contribution < -0.4 is 10.9 Å². The van der Waals surface area contributed by atoms with E-state index in [1.165, 1.54) is 0 Å². The number of amides is 2. The fourth-order valence-corrected chi connectivity index (χ4v) is 3.27. The number of halogens is 1. The quantitative estimate of drug-likeness (QED) is 0.670. The van der Waals surface area contributed by atoms with Crippen LogP contribution in [-0.2, 0) is 6.54 Å². The molecule has 0 aliphatic carbocycles. The lowest BCUT2D eigenvalue weighted by Crippen LogP contribution is -2.39. The van der Waals surface area contributed by atoms with Crippen molar-refractivity contribution in [3.8, 4) is 0 Å². The lowest BCUT2D eigenvalue weighted by Gasteiger charge is -2.27. The van der Waals surface area contributed by atoms with Gasteiger partial charge in [0.2, 0.25) is 5.56 Å². The molecule has 0 aliphatic rings. The van der Waals surface area contributed by atoms with Crippen LogP contribution in [0.5, 0.6) is 0 Å². The monoisotopic (exact) mass is 383 g/mol. The first kappa shape index (κ1) is 19.0. The van der Waals surface area contributed by atoms with Gasteiger partial charge >= 0.3 is 6.03 Å². The van der Waals surface area contributed by atoms with Gasteiger partial charge in [0.15, 0.2) is 0 Å². The molecule has 27 heavy (non-hydrogen) atoms. The highest BCUT2D eigenvalue weighted by Gasteiger charge is 2.20. The molecule has 0 fully saturated rings. The van der Waals surface area contributed by atoms with E-state index < -0.39 is 0 Å². The number of aromatic nitrogens is 1. The fraction of sp³-hybridized carbons (Fsp3) is 0.238. The van der Waals surface area contributed by atoms with Crippen LogP contribution in [0.3, 0.4) is 0 Å². The summed E-state index contributed by atoms with van der Waals surface area (Å²) in [5, 5.41) is 4.29. The van der Waals surface area contributed by atoms with Crippen LogP contribution >= 0.6 is 11.6 Å². The summed E-state index contributed by atoms with van der Waals surface area (Å²) in [5.74, 6) is 0.